The van der Waals surface area contributed by atoms with Gasteiger partial charge in [-0.25, -0.2) is 9.59 Å². The number of ether oxygens (including phenoxy) is 14. The van der Waals surface area contributed by atoms with Crippen molar-refractivity contribution in [2.45, 2.75) is 127 Å². The highest BCUT2D eigenvalue weighted by atomic mass is 16.6. The van der Waals surface area contributed by atoms with Crippen LogP contribution in [-0.2, 0) is 51.1 Å². The van der Waals surface area contributed by atoms with Crippen molar-refractivity contribution in [3.63, 3.8) is 0 Å². The maximum atomic E-state index is 14.7. The Morgan fingerprint density at radius 3 is 1.11 bits per heavy atom. The van der Waals surface area contributed by atoms with Crippen molar-refractivity contribution in [1.82, 2.24) is 20.4 Å². The SMILES string of the molecule is CC[C@H](C(=O)N1CCCC[C@H]1C(=O)OC(CCc1ccc(OC)c(OC)c1)c1cccc(OCC(=O)NCCNC(=O)COc2cccc(C(CCc3ccc(OC)c(OC)c3)OC(=O)[C@@H]3CCCCN3C(=O)[C@@H](CC)c3cc(OC)c(OC)c(OC)c3)c2)c1)c1cc(OC)c(OC)c(OC)c1. The zero-order chi connectivity index (χ0) is 73.2. The van der Waals surface area contributed by atoms with Gasteiger partial charge in [0, 0.05) is 26.2 Å². The van der Waals surface area contributed by atoms with Gasteiger partial charge >= 0.3 is 11.9 Å². The summed E-state index contributed by atoms with van der Waals surface area (Å²) < 4.78 is 80.7. The summed E-state index contributed by atoms with van der Waals surface area (Å²) in [7, 11) is 15.3. The molecule has 2 unspecified atom stereocenters. The molecule has 102 heavy (non-hydrogen) atoms. The van der Waals surface area contributed by atoms with E-state index in [1.54, 1.807) is 98.9 Å². The summed E-state index contributed by atoms with van der Waals surface area (Å²) in [5, 5.41) is 5.55. The number of esters is 2. The molecule has 2 fully saturated rings. The van der Waals surface area contributed by atoms with Gasteiger partial charge in [0.2, 0.25) is 23.3 Å². The fourth-order valence-corrected chi connectivity index (χ4v) is 13.1. The van der Waals surface area contributed by atoms with E-state index in [-0.39, 0.29) is 38.1 Å². The predicted molar refractivity (Wildman–Crippen MR) is 380 cm³/mol. The summed E-state index contributed by atoms with van der Waals surface area (Å²) in [6, 6.07) is 30.5. The molecule has 2 aliphatic heterocycles. The summed E-state index contributed by atoms with van der Waals surface area (Å²) in [5.41, 5.74) is 4.34. The molecule has 4 amide bonds. The molecule has 6 atom stereocenters. The molecule has 6 aromatic carbocycles. The molecule has 0 radical (unpaired) electrons. The number of carbonyl (C=O) groups excluding carboxylic acids is 6. The van der Waals surface area contributed by atoms with Gasteiger partial charge in [-0.2, -0.15) is 0 Å². The first kappa shape index (κ1) is 77.5. The summed E-state index contributed by atoms with van der Waals surface area (Å²) in [5.74, 6) is 1.68. The van der Waals surface area contributed by atoms with E-state index in [4.69, 9.17) is 66.3 Å². The number of nitrogens with one attached hydrogen (secondary N) is 2. The normalized spacial score (nSPS) is 15.4. The number of aryl methyl sites for hydroxylation is 2. The topological polar surface area (TPSA) is 262 Å². The number of benzene rings is 6. The number of amides is 4. The molecule has 6 aromatic rings. The fraction of sp³-hybridized carbons (Fsp3) is 0.462. The highest BCUT2D eigenvalue weighted by Gasteiger charge is 2.40. The maximum absolute atomic E-state index is 14.7. The number of methoxy groups -OCH3 is 10. The summed E-state index contributed by atoms with van der Waals surface area (Å²) in [6.07, 6.45) is 4.54. The number of piperidine rings is 2. The molecule has 0 aliphatic carbocycles. The lowest BCUT2D eigenvalue weighted by molar-refractivity contribution is -0.162. The zero-order valence-corrected chi connectivity index (χ0v) is 60.6. The van der Waals surface area contributed by atoms with Crippen molar-refractivity contribution in [3.8, 4) is 69.0 Å². The van der Waals surface area contributed by atoms with E-state index in [9.17, 15) is 28.8 Å². The van der Waals surface area contributed by atoms with Gasteiger partial charge in [0.25, 0.3) is 11.8 Å². The number of nitrogens with zero attached hydrogens (tertiary/aromatic N) is 2. The highest BCUT2D eigenvalue weighted by Crippen LogP contribution is 2.44. The van der Waals surface area contributed by atoms with E-state index in [2.05, 4.69) is 10.6 Å². The highest BCUT2D eigenvalue weighted by molar-refractivity contribution is 5.90. The van der Waals surface area contributed by atoms with Crippen LogP contribution in [0.15, 0.2) is 109 Å². The molecular formula is C78H98N4O20. The van der Waals surface area contributed by atoms with Gasteiger partial charge in [0.05, 0.1) is 82.9 Å². The summed E-state index contributed by atoms with van der Waals surface area (Å²) in [6.45, 7) is 3.97. The van der Waals surface area contributed by atoms with E-state index in [0.29, 0.717) is 181 Å². The lowest BCUT2D eigenvalue weighted by Gasteiger charge is -2.37. The van der Waals surface area contributed by atoms with Gasteiger partial charge in [-0.05, 0) is 183 Å². The monoisotopic (exact) mass is 1410 g/mol. The van der Waals surface area contributed by atoms with Crippen molar-refractivity contribution in [2.75, 3.05) is 110 Å². The van der Waals surface area contributed by atoms with Gasteiger partial charge in [0.15, 0.2) is 59.2 Å². The second kappa shape index (κ2) is 38.5. The Kier molecular flexibility index (Phi) is 29.3. The van der Waals surface area contributed by atoms with E-state index in [1.165, 1.54) is 42.7 Å². The molecule has 2 heterocycles. The standard InChI is InChI=1S/C78H98N4O20/c1-13-57(53-43-67(93-7)73(97-11)68(44-53)94-8)75(85)81-37-17-15-25-59(81)77(87)101-61(31-27-49-29-33-63(89-3)65(39-49)91-5)51-21-19-23-55(41-51)99-47-71(83)79-35-36-80-72(84)48-100-56-24-20-22-52(42-56)62(32-28-50-30-34-64(90-4)66(40-50)92-6)102-78(88)60-26-16-18-38-82(60)76(86)58(14-2)54-45-69(95-9)74(98-12)70(46-54)96-10/h19-24,29-30,33-34,39-46,57-62H,13-18,25-28,31-32,35-38,47-48H2,1-12H3,(H,79,83)(H,80,84)/t57-,58-,59-,60-,61?,62?/m0/s1. The Morgan fingerprint density at radius 1 is 0.412 bits per heavy atom. The fourth-order valence-electron chi connectivity index (χ4n) is 13.1. The molecule has 0 saturated carbocycles. The van der Waals surface area contributed by atoms with Crippen LogP contribution in [0.2, 0.25) is 0 Å². The third-order valence-corrected chi connectivity index (χ3v) is 18.5. The second-order valence-corrected chi connectivity index (χ2v) is 24.7. The number of hydrogen-bond acceptors (Lipinski definition) is 20. The van der Waals surface area contributed by atoms with Crippen LogP contribution < -0.4 is 67.5 Å². The lowest BCUT2D eigenvalue weighted by atomic mass is 9.91. The Bertz CT molecular complexity index is 3510. The van der Waals surface area contributed by atoms with Gasteiger partial charge in [0.1, 0.15) is 35.8 Å². The maximum Gasteiger partial charge on any atom is 0.329 e. The Labute approximate surface area is 597 Å². The third kappa shape index (κ3) is 19.8. The first-order valence-electron chi connectivity index (χ1n) is 34.5. The molecule has 2 saturated heterocycles. The van der Waals surface area contributed by atoms with Gasteiger partial charge in [-0.3, -0.25) is 19.2 Å². The molecule has 2 aliphatic rings. The van der Waals surface area contributed by atoms with Crippen molar-refractivity contribution >= 4 is 35.6 Å². The molecule has 2 N–H and O–H groups in total. The van der Waals surface area contributed by atoms with Gasteiger partial charge < -0.3 is 86.7 Å². The zero-order valence-electron chi connectivity index (χ0n) is 60.6. The van der Waals surface area contributed by atoms with Gasteiger partial charge in [-0.1, -0.05) is 50.2 Å². The van der Waals surface area contributed by atoms with Crippen LogP contribution in [0, 0.1) is 0 Å². The largest absolute Gasteiger partial charge is 0.493 e. The van der Waals surface area contributed by atoms with Crippen LogP contribution in [0.5, 0.6) is 69.0 Å². The molecule has 0 aromatic heterocycles. The van der Waals surface area contributed by atoms with Crippen molar-refractivity contribution in [2.24, 2.45) is 0 Å². The number of likely N-dealkylation sites (tertiary alicyclic amines) is 2. The predicted octanol–water partition coefficient (Wildman–Crippen LogP) is 11.0. The van der Waals surface area contributed by atoms with Crippen LogP contribution in [0.4, 0.5) is 0 Å². The number of rotatable bonds is 37. The Balaban J connectivity index is 0.885. The van der Waals surface area contributed by atoms with Crippen molar-refractivity contribution in [1.29, 1.82) is 0 Å². The minimum atomic E-state index is -0.860. The molecule has 550 valence electrons. The Morgan fingerprint density at radius 2 is 0.775 bits per heavy atom. The first-order valence-corrected chi connectivity index (χ1v) is 34.5. The smallest absolute Gasteiger partial charge is 0.329 e. The Hall–Kier alpha value is -10.3. The first-order chi connectivity index (χ1) is 49.5. The van der Waals surface area contributed by atoms with Crippen LogP contribution in [0.1, 0.15) is 135 Å². The molecule has 8 rings (SSSR count). The number of carbonyl (C=O) groups is 6. The molecule has 24 nitrogen and oxygen atoms in total. The number of hydrogen-bond donors (Lipinski definition) is 2. The second-order valence-electron chi connectivity index (χ2n) is 24.7. The van der Waals surface area contributed by atoms with Gasteiger partial charge in [-0.15, -0.1) is 0 Å². The molecule has 0 spiro atoms. The van der Waals surface area contributed by atoms with E-state index < -0.39 is 59.9 Å². The van der Waals surface area contributed by atoms with Crippen molar-refractivity contribution in [3.05, 3.63) is 143 Å². The van der Waals surface area contributed by atoms with Crippen LogP contribution >= 0.6 is 0 Å². The lowest BCUT2D eigenvalue weighted by Crippen LogP contribution is -2.50. The molecule has 0 bridgehead atoms. The van der Waals surface area contributed by atoms with Crippen LogP contribution in [0.25, 0.3) is 0 Å². The average molecular weight is 1410 g/mol. The third-order valence-electron chi connectivity index (χ3n) is 18.5. The van der Waals surface area contributed by atoms with E-state index >= 15 is 0 Å². The summed E-state index contributed by atoms with van der Waals surface area (Å²) in [4.78, 5) is 88.3. The minimum absolute atomic E-state index is 0.0705. The molecular weight excluding hydrogens is 1310 g/mol. The van der Waals surface area contributed by atoms with Crippen LogP contribution in [0.3, 0.4) is 0 Å². The van der Waals surface area contributed by atoms with E-state index in [1.807, 2.05) is 62.4 Å². The van der Waals surface area contributed by atoms with Crippen LogP contribution in [-0.4, -0.2) is 168 Å². The van der Waals surface area contributed by atoms with Crippen molar-refractivity contribution < 1.29 is 95.1 Å². The quantitative estimate of drug-likeness (QED) is 0.0271. The average Bonchev–Trinajstić information content (AvgIpc) is 0.796. The summed E-state index contributed by atoms with van der Waals surface area (Å²) >= 11 is 0. The minimum Gasteiger partial charge on any atom is -0.493 e. The van der Waals surface area contributed by atoms with E-state index in [0.717, 1.165) is 11.1 Å². The molecule has 24 heteroatoms.